The van der Waals surface area contributed by atoms with E-state index < -0.39 is 0 Å². The van der Waals surface area contributed by atoms with Gasteiger partial charge in [-0.05, 0) is 37.1 Å². The summed E-state index contributed by atoms with van der Waals surface area (Å²) < 4.78 is 0. The fourth-order valence-electron chi connectivity index (χ4n) is 1.88. The van der Waals surface area contributed by atoms with E-state index in [4.69, 9.17) is 5.11 Å². The van der Waals surface area contributed by atoms with E-state index in [1.165, 1.54) is 12.8 Å². The van der Waals surface area contributed by atoms with Crippen molar-refractivity contribution in [3.8, 4) is 11.4 Å². The van der Waals surface area contributed by atoms with Gasteiger partial charge in [0.1, 0.15) is 5.82 Å². The third kappa shape index (κ3) is 2.36. The third-order valence-corrected chi connectivity index (χ3v) is 3.05. The molecule has 94 valence electrons. The molecule has 1 aromatic carbocycles. The molecule has 0 spiro atoms. The van der Waals surface area contributed by atoms with Crippen molar-refractivity contribution in [3.05, 3.63) is 30.1 Å². The summed E-state index contributed by atoms with van der Waals surface area (Å²) in [6.07, 6.45) is 2.44. The van der Waals surface area contributed by atoms with Gasteiger partial charge in [0.2, 0.25) is 0 Å². The fourth-order valence-corrected chi connectivity index (χ4v) is 1.88. The third-order valence-electron chi connectivity index (χ3n) is 3.05. The lowest BCUT2D eigenvalue weighted by Gasteiger charge is -2.04. The van der Waals surface area contributed by atoms with Crippen molar-refractivity contribution in [2.75, 3.05) is 18.5 Å². The molecule has 1 aliphatic carbocycles. The molecule has 0 aliphatic heterocycles. The Morgan fingerprint density at radius 2 is 2.06 bits per heavy atom. The molecule has 0 atom stereocenters. The smallest absolute Gasteiger partial charge is 0.181 e. The molecule has 1 saturated carbocycles. The lowest BCUT2D eigenvalue weighted by Crippen LogP contribution is -2.04. The van der Waals surface area contributed by atoms with E-state index in [9.17, 15) is 0 Å². The highest BCUT2D eigenvalue weighted by Gasteiger charge is 2.27. The number of nitrogens with one attached hydrogen (secondary N) is 2. The Kier molecular flexibility index (Phi) is 2.98. The van der Waals surface area contributed by atoms with Gasteiger partial charge in [0.05, 0.1) is 6.61 Å². The van der Waals surface area contributed by atoms with E-state index >= 15 is 0 Å². The molecule has 2 aromatic rings. The van der Waals surface area contributed by atoms with Crippen LogP contribution in [0.25, 0.3) is 11.4 Å². The normalized spacial score (nSPS) is 14.7. The average Bonchev–Trinajstić information content (AvgIpc) is 3.15. The highest BCUT2D eigenvalue weighted by molar-refractivity contribution is 5.59. The van der Waals surface area contributed by atoms with Crippen LogP contribution in [-0.4, -0.2) is 33.4 Å². The van der Waals surface area contributed by atoms with Gasteiger partial charge in [-0.3, -0.25) is 5.10 Å². The van der Waals surface area contributed by atoms with Gasteiger partial charge in [0, 0.05) is 23.7 Å². The summed E-state index contributed by atoms with van der Waals surface area (Å²) in [5, 5.41) is 19.1. The first-order valence-electron chi connectivity index (χ1n) is 6.24. The van der Waals surface area contributed by atoms with Crippen LogP contribution in [0.1, 0.15) is 24.6 Å². The molecule has 18 heavy (non-hydrogen) atoms. The van der Waals surface area contributed by atoms with Crippen molar-refractivity contribution in [3.63, 3.8) is 0 Å². The quantitative estimate of drug-likeness (QED) is 0.749. The minimum atomic E-state index is 0.132. The Morgan fingerprint density at radius 3 is 2.72 bits per heavy atom. The zero-order chi connectivity index (χ0) is 12.4. The lowest BCUT2D eigenvalue weighted by molar-refractivity contribution is 0.311. The Morgan fingerprint density at radius 1 is 1.28 bits per heavy atom. The molecule has 0 radical (unpaired) electrons. The molecule has 5 heteroatoms. The topological polar surface area (TPSA) is 73.8 Å². The molecular formula is C13H16N4O. The molecule has 5 nitrogen and oxygen atoms in total. The fraction of sp³-hybridized carbons (Fsp3) is 0.385. The van der Waals surface area contributed by atoms with Crippen molar-refractivity contribution in [1.82, 2.24) is 15.2 Å². The van der Waals surface area contributed by atoms with Crippen molar-refractivity contribution >= 4 is 5.69 Å². The van der Waals surface area contributed by atoms with Crippen molar-refractivity contribution < 1.29 is 5.11 Å². The Bertz CT molecular complexity index is 516. The number of nitrogens with zero attached hydrogens (tertiary/aromatic N) is 2. The number of rotatable bonds is 5. The number of anilines is 1. The minimum Gasteiger partial charge on any atom is -0.395 e. The summed E-state index contributed by atoms with van der Waals surface area (Å²) in [4.78, 5) is 4.51. The second-order valence-corrected chi connectivity index (χ2v) is 4.55. The summed E-state index contributed by atoms with van der Waals surface area (Å²) in [6.45, 7) is 0.694. The van der Waals surface area contributed by atoms with E-state index in [-0.39, 0.29) is 6.61 Å². The molecule has 1 heterocycles. The zero-order valence-corrected chi connectivity index (χ0v) is 10.1. The molecule has 1 aliphatic rings. The van der Waals surface area contributed by atoms with Crippen LogP contribution >= 0.6 is 0 Å². The summed E-state index contributed by atoms with van der Waals surface area (Å²) in [6, 6.07) is 7.91. The molecule has 3 N–H and O–H groups in total. The molecule has 0 saturated heterocycles. The van der Waals surface area contributed by atoms with E-state index in [0.29, 0.717) is 12.5 Å². The van der Waals surface area contributed by atoms with Crippen LogP contribution in [-0.2, 0) is 0 Å². The maximum Gasteiger partial charge on any atom is 0.181 e. The molecule has 1 aromatic heterocycles. The van der Waals surface area contributed by atoms with E-state index in [0.717, 1.165) is 22.9 Å². The summed E-state index contributed by atoms with van der Waals surface area (Å²) in [5.41, 5.74) is 2.00. The van der Waals surface area contributed by atoms with Crippen LogP contribution in [0, 0.1) is 0 Å². The van der Waals surface area contributed by atoms with Crippen LogP contribution in [0.4, 0.5) is 5.69 Å². The van der Waals surface area contributed by atoms with E-state index in [2.05, 4.69) is 20.5 Å². The Balaban J connectivity index is 1.74. The molecule has 0 bridgehead atoms. The lowest BCUT2D eigenvalue weighted by atomic mass is 10.2. The van der Waals surface area contributed by atoms with Gasteiger partial charge >= 0.3 is 0 Å². The van der Waals surface area contributed by atoms with Crippen LogP contribution in [0.2, 0.25) is 0 Å². The number of aromatic nitrogens is 3. The zero-order valence-electron chi connectivity index (χ0n) is 10.1. The molecule has 1 fully saturated rings. The molecule has 0 unspecified atom stereocenters. The first kappa shape index (κ1) is 11.2. The van der Waals surface area contributed by atoms with Gasteiger partial charge in [-0.2, -0.15) is 5.10 Å². The first-order chi connectivity index (χ1) is 8.86. The van der Waals surface area contributed by atoms with E-state index in [1.807, 2.05) is 24.3 Å². The van der Waals surface area contributed by atoms with Gasteiger partial charge in [-0.15, -0.1) is 0 Å². The summed E-state index contributed by atoms with van der Waals surface area (Å²) in [7, 11) is 0. The maximum absolute atomic E-state index is 8.73. The molecule has 0 amide bonds. The SMILES string of the molecule is OCCNc1ccc(-c2n[nH]c(C3CC3)n2)cc1. The summed E-state index contributed by atoms with van der Waals surface area (Å²) >= 11 is 0. The number of H-pyrrole nitrogens is 1. The number of hydrogen-bond donors (Lipinski definition) is 3. The predicted molar refractivity (Wildman–Crippen MR) is 69.4 cm³/mol. The number of aliphatic hydroxyl groups excluding tert-OH is 1. The highest BCUT2D eigenvalue weighted by Crippen LogP contribution is 2.38. The van der Waals surface area contributed by atoms with Gasteiger partial charge < -0.3 is 10.4 Å². The van der Waals surface area contributed by atoms with Crippen LogP contribution < -0.4 is 5.32 Å². The predicted octanol–water partition coefficient (Wildman–Crippen LogP) is 1.75. The van der Waals surface area contributed by atoms with Gasteiger partial charge in [0.25, 0.3) is 0 Å². The standard InChI is InChI=1S/C13H16N4O/c18-8-7-14-11-5-3-10(4-6-11)13-15-12(16-17-13)9-1-2-9/h3-6,9,14,18H,1-2,7-8H2,(H,15,16,17). The molecular weight excluding hydrogens is 228 g/mol. The monoisotopic (exact) mass is 244 g/mol. The minimum absolute atomic E-state index is 0.132. The number of aliphatic hydroxyl groups is 1. The molecule has 3 rings (SSSR count). The van der Waals surface area contributed by atoms with Crippen LogP contribution in [0.3, 0.4) is 0 Å². The summed E-state index contributed by atoms with van der Waals surface area (Å²) in [5.74, 6) is 2.36. The van der Waals surface area contributed by atoms with Crippen LogP contribution in [0.15, 0.2) is 24.3 Å². The largest absolute Gasteiger partial charge is 0.395 e. The Hall–Kier alpha value is -1.88. The number of aromatic amines is 1. The Labute approximate surface area is 105 Å². The van der Waals surface area contributed by atoms with Gasteiger partial charge in [0.15, 0.2) is 5.82 Å². The number of benzene rings is 1. The van der Waals surface area contributed by atoms with Crippen molar-refractivity contribution in [2.45, 2.75) is 18.8 Å². The maximum atomic E-state index is 8.73. The first-order valence-corrected chi connectivity index (χ1v) is 6.24. The highest BCUT2D eigenvalue weighted by atomic mass is 16.3. The van der Waals surface area contributed by atoms with Crippen molar-refractivity contribution in [1.29, 1.82) is 0 Å². The van der Waals surface area contributed by atoms with E-state index in [1.54, 1.807) is 0 Å². The second-order valence-electron chi connectivity index (χ2n) is 4.55. The van der Waals surface area contributed by atoms with Crippen LogP contribution in [0.5, 0.6) is 0 Å². The van der Waals surface area contributed by atoms with Gasteiger partial charge in [-0.25, -0.2) is 4.98 Å². The average molecular weight is 244 g/mol. The van der Waals surface area contributed by atoms with Crippen molar-refractivity contribution in [2.24, 2.45) is 0 Å². The van der Waals surface area contributed by atoms with Gasteiger partial charge in [-0.1, -0.05) is 0 Å². The number of hydrogen-bond acceptors (Lipinski definition) is 4. The second kappa shape index (κ2) is 4.78.